The molecule has 0 aliphatic rings. The molecule has 0 bridgehead atoms. The molecule has 0 aromatic heterocycles. The largest absolute Gasteiger partial charge is 0.543 e. The van der Waals surface area contributed by atoms with Crippen LogP contribution < -0.4 is 5.19 Å². The van der Waals surface area contributed by atoms with Crippen molar-refractivity contribution in [2.75, 3.05) is 0 Å². The Bertz CT molecular complexity index is 366. The summed E-state index contributed by atoms with van der Waals surface area (Å²) >= 11 is 0. The van der Waals surface area contributed by atoms with Crippen molar-refractivity contribution in [2.24, 2.45) is 0 Å². The van der Waals surface area contributed by atoms with Crippen LogP contribution in [0, 0.1) is 0 Å². The molecule has 0 radical (unpaired) electrons. The minimum absolute atomic E-state index is 1.06. The quantitative estimate of drug-likeness (QED) is 0.568. The van der Waals surface area contributed by atoms with Gasteiger partial charge in [0, 0.05) is 0 Å². The Balaban J connectivity index is 2.88. The molecule has 0 fully saturated rings. The molecule has 0 saturated heterocycles. The Morgan fingerprint density at radius 3 is 2.19 bits per heavy atom. The third kappa shape index (κ3) is 3.24. The van der Waals surface area contributed by atoms with Gasteiger partial charge in [0.25, 0.3) is 8.32 Å². The third-order valence-corrected chi connectivity index (χ3v) is 5.55. The Morgan fingerprint density at radius 2 is 1.69 bits per heavy atom. The first-order valence-electron chi connectivity index (χ1n) is 5.88. The monoisotopic (exact) mass is 234 g/mol. The normalized spacial score (nSPS) is 13.3. The lowest BCUT2D eigenvalue weighted by Crippen LogP contribution is -2.44. The molecule has 0 N–H and O–H groups in total. The highest BCUT2D eigenvalue weighted by molar-refractivity contribution is 6.84. The van der Waals surface area contributed by atoms with E-state index >= 15 is 0 Å². The first-order chi connectivity index (χ1) is 7.47. The van der Waals surface area contributed by atoms with E-state index < -0.39 is 8.32 Å². The van der Waals surface area contributed by atoms with Crippen LogP contribution in [0.5, 0.6) is 0 Å². The van der Waals surface area contributed by atoms with Crippen molar-refractivity contribution >= 4 is 13.5 Å². The highest BCUT2D eigenvalue weighted by Crippen LogP contribution is 2.15. The van der Waals surface area contributed by atoms with Crippen molar-refractivity contribution < 1.29 is 4.43 Å². The molecular formula is C14H22OSi. The number of benzene rings is 1. The third-order valence-electron chi connectivity index (χ3n) is 3.01. The van der Waals surface area contributed by atoms with Crippen LogP contribution in [0.25, 0.3) is 0 Å². The smallest absolute Gasteiger partial charge is 0.276 e. The maximum atomic E-state index is 6.20. The van der Waals surface area contributed by atoms with Crippen molar-refractivity contribution in [3.05, 3.63) is 41.7 Å². The molecule has 0 amide bonds. The summed E-state index contributed by atoms with van der Waals surface area (Å²) in [6, 6.07) is 10.5. The lowest BCUT2D eigenvalue weighted by atomic mass is 10.2. The van der Waals surface area contributed by atoms with Gasteiger partial charge in [0.1, 0.15) is 0 Å². The van der Waals surface area contributed by atoms with Crippen molar-refractivity contribution in [2.45, 2.75) is 40.3 Å². The molecular weight excluding hydrogens is 212 g/mol. The van der Waals surface area contributed by atoms with Gasteiger partial charge in [0.05, 0.1) is 5.76 Å². The second-order valence-corrected chi connectivity index (χ2v) is 8.47. The summed E-state index contributed by atoms with van der Waals surface area (Å²) in [5.41, 5.74) is 1.34. The minimum atomic E-state index is -1.78. The van der Waals surface area contributed by atoms with Gasteiger partial charge in [-0.2, -0.15) is 0 Å². The number of hydrogen-bond donors (Lipinski definition) is 0. The summed E-state index contributed by atoms with van der Waals surface area (Å²) in [6.45, 7) is 10.9. The molecule has 1 aromatic carbocycles. The first-order valence-corrected chi connectivity index (χ1v) is 8.79. The van der Waals surface area contributed by atoms with Crippen LogP contribution in [0.2, 0.25) is 13.1 Å². The summed E-state index contributed by atoms with van der Waals surface area (Å²) in [5, 5.41) is 1.35. The number of allylic oxidation sites excluding steroid dienone is 2. The molecule has 1 rings (SSSR count). The van der Waals surface area contributed by atoms with Gasteiger partial charge in [-0.05, 0) is 44.1 Å². The Labute approximate surface area is 100 Å². The van der Waals surface area contributed by atoms with E-state index in [2.05, 4.69) is 58.1 Å². The van der Waals surface area contributed by atoms with E-state index in [1.54, 1.807) is 0 Å². The first kappa shape index (κ1) is 13.0. The highest BCUT2D eigenvalue weighted by Gasteiger charge is 2.27. The van der Waals surface area contributed by atoms with Gasteiger partial charge in [-0.15, -0.1) is 0 Å². The van der Waals surface area contributed by atoms with E-state index in [0.29, 0.717) is 0 Å². The van der Waals surface area contributed by atoms with Crippen LogP contribution in [-0.4, -0.2) is 8.32 Å². The average molecular weight is 234 g/mol. The highest BCUT2D eigenvalue weighted by atomic mass is 28.4. The molecule has 0 unspecified atom stereocenters. The van der Waals surface area contributed by atoms with E-state index in [-0.39, 0.29) is 0 Å². The van der Waals surface area contributed by atoms with Gasteiger partial charge in [0.2, 0.25) is 0 Å². The van der Waals surface area contributed by atoms with E-state index in [9.17, 15) is 0 Å². The maximum Gasteiger partial charge on any atom is 0.276 e. The van der Waals surface area contributed by atoms with Crippen molar-refractivity contribution in [3.63, 3.8) is 0 Å². The van der Waals surface area contributed by atoms with Gasteiger partial charge < -0.3 is 4.43 Å². The van der Waals surface area contributed by atoms with E-state index in [1.165, 1.54) is 10.8 Å². The summed E-state index contributed by atoms with van der Waals surface area (Å²) in [5.74, 6) is 1.10. The fourth-order valence-electron chi connectivity index (χ4n) is 1.62. The fourth-order valence-corrected chi connectivity index (χ4v) is 3.67. The van der Waals surface area contributed by atoms with Crippen LogP contribution in [0.3, 0.4) is 0 Å². The zero-order chi connectivity index (χ0) is 12.2. The van der Waals surface area contributed by atoms with Crippen LogP contribution in [-0.2, 0) is 4.43 Å². The van der Waals surface area contributed by atoms with Crippen LogP contribution >= 0.6 is 0 Å². The number of rotatable bonds is 4. The molecule has 1 aromatic rings. The lowest BCUT2D eigenvalue weighted by molar-refractivity contribution is 0.421. The van der Waals surface area contributed by atoms with Crippen molar-refractivity contribution in [1.29, 1.82) is 0 Å². The zero-order valence-corrected chi connectivity index (χ0v) is 12.0. The van der Waals surface area contributed by atoms with E-state index in [4.69, 9.17) is 4.43 Å². The van der Waals surface area contributed by atoms with Crippen LogP contribution in [0.15, 0.2) is 41.7 Å². The summed E-state index contributed by atoms with van der Waals surface area (Å²) in [6.07, 6.45) is 1.06. The molecule has 2 heteroatoms. The molecule has 1 nitrogen and oxygen atoms in total. The lowest BCUT2D eigenvalue weighted by Gasteiger charge is -2.26. The molecule has 0 saturated carbocycles. The predicted octanol–water partition coefficient (Wildman–Crippen LogP) is 3.82. The maximum absolute atomic E-state index is 6.20. The molecule has 0 spiro atoms. The van der Waals surface area contributed by atoms with Gasteiger partial charge >= 0.3 is 0 Å². The van der Waals surface area contributed by atoms with Gasteiger partial charge in [-0.3, -0.25) is 0 Å². The standard InChI is InChI=1S/C14H22OSi/c1-6-12(2)13(3)15-16(4,5)14-10-8-7-9-11-14/h7-11H,6H2,1-5H3/b13-12-. The molecule has 88 valence electrons. The Morgan fingerprint density at radius 1 is 1.12 bits per heavy atom. The Kier molecular flexibility index (Phi) is 4.36. The second-order valence-electron chi connectivity index (χ2n) is 4.67. The van der Waals surface area contributed by atoms with Gasteiger partial charge in [0.15, 0.2) is 0 Å². The summed E-state index contributed by atoms with van der Waals surface area (Å²) in [4.78, 5) is 0. The van der Waals surface area contributed by atoms with Crippen molar-refractivity contribution in [1.82, 2.24) is 0 Å². The molecule has 0 aliphatic carbocycles. The Hall–Kier alpha value is -1.02. The fraction of sp³-hybridized carbons (Fsp3) is 0.429. The van der Waals surface area contributed by atoms with Gasteiger partial charge in [-0.1, -0.05) is 37.3 Å². The van der Waals surface area contributed by atoms with E-state index in [0.717, 1.165) is 12.2 Å². The molecule has 16 heavy (non-hydrogen) atoms. The van der Waals surface area contributed by atoms with Crippen molar-refractivity contribution in [3.8, 4) is 0 Å². The SMILES string of the molecule is CC/C(C)=C(/C)O[Si](C)(C)c1ccccc1. The summed E-state index contributed by atoms with van der Waals surface area (Å²) < 4.78 is 6.20. The van der Waals surface area contributed by atoms with Crippen LogP contribution in [0.4, 0.5) is 0 Å². The number of hydrogen-bond acceptors (Lipinski definition) is 1. The topological polar surface area (TPSA) is 9.23 Å². The van der Waals surface area contributed by atoms with Crippen LogP contribution in [0.1, 0.15) is 27.2 Å². The van der Waals surface area contributed by atoms with Gasteiger partial charge in [-0.25, -0.2) is 0 Å². The van der Waals surface area contributed by atoms with E-state index in [1.807, 2.05) is 6.07 Å². The second kappa shape index (κ2) is 5.35. The molecule has 0 aliphatic heterocycles. The molecule has 0 heterocycles. The zero-order valence-electron chi connectivity index (χ0n) is 11.0. The summed E-state index contributed by atoms with van der Waals surface area (Å²) in [7, 11) is -1.78. The average Bonchev–Trinajstić information content (AvgIpc) is 2.28. The minimum Gasteiger partial charge on any atom is -0.543 e. The predicted molar refractivity (Wildman–Crippen MR) is 73.3 cm³/mol. The molecule has 0 atom stereocenters.